The number of carbonyl (C=O) groups is 2. The molecule has 0 aromatic heterocycles. The lowest BCUT2D eigenvalue weighted by molar-refractivity contribution is -0.140. The predicted octanol–water partition coefficient (Wildman–Crippen LogP) is 0.935. The van der Waals surface area contributed by atoms with Gasteiger partial charge in [-0.3, -0.25) is 0 Å². The molecule has 1 fully saturated rings. The van der Waals surface area contributed by atoms with Gasteiger partial charge in [0.25, 0.3) is 0 Å². The van der Waals surface area contributed by atoms with Crippen molar-refractivity contribution in [2.45, 2.75) is 45.3 Å². The molecule has 1 atom stereocenters. The topological polar surface area (TPSA) is 90.9 Å². The maximum absolute atomic E-state index is 11.4. The quantitative estimate of drug-likeness (QED) is 0.525. The number of hydrogen-bond donors (Lipinski definition) is 3. The minimum atomic E-state index is -0.858. The highest BCUT2D eigenvalue weighted by molar-refractivity contribution is 7.80. The molecule has 0 saturated carbocycles. The van der Waals surface area contributed by atoms with Crippen LogP contribution >= 0.6 is 12.2 Å². The zero-order chi connectivity index (χ0) is 16.0. The first-order valence-corrected chi connectivity index (χ1v) is 7.35. The number of rotatable bonds is 4. The number of likely N-dealkylation sites (tertiary alicyclic amines) is 1. The van der Waals surface area contributed by atoms with Crippen molar-refractivity contribution < 1.29 is 19.4 Å². The third-order valence-corrected chi connectivity index (χ3v) is 3.25. The normalized spacial score (nSPS) is 18.2. The van der Waals surface area contributed by atoms with Gasteiger partial charge in [-0.2, -0.15) is 0 Å². The number of carboxylic acids is 1. The lowest BCUT2D eigenvalue weighted by atomic mass is 10.2. The Labute approximate surface area is 130 Å². The zero-order valence-corrected chi connectivity index (χ0v) is 13.5. The van der Waals surface area contributed by atoms with Crippen molar-refractivity contribution in [3.8, 4) is 0 Å². The average molecular weight is 317 g/mol. The third kappa shape index (κ3) is 6.16. The van der Waals surface area contributed by atoms with Crippen molar-refractivity contribution in [2.75, 3.05) is 19.6 Å². The average Bonchev–Trinajstić information content (AvgIpc) is 2.81. The van der Waals surface area contributed by atoms with Gasteiger partial charge in [0.1, 0.15) is 11.6 Å². The van der Waals surface area contributed by atoms with Crippen molar-refractivity contribution in [1.29, 1.82) is 0 Å². The minimum Gasteiger partial charge on any atom is -0.480 e. The number of carbonyl (C=O) groups excluding carboxylic acids is 1. The first-order chi connectivity index (χ1) is 9.70. The number of ether oxygens (including phenoxy) is 1. The molecule has 1 aliphatic rings. The van der Waals surface area contributed by atoms with Crippen molar-refractivity contribution in [2.24, 2.45) is 0 Å². The second-order valence-electron chi connectivity index (χ2n) is 5.85. The molecule has 7 nitrogen and oxygen atoms in total. The fourth-order valence-corrected chi connectivity index (χ4v) is 2.34. The molecule has 0 bridgehead atoms. The van der Waals surface area contributed by atoms with Crippen LogP contribution in [0.25, 0.3) is 0 Å². The van der Waals surface area contributed by atoms with Crippen LogP contribution in [-0.4, -0.2) is 58.5 Å². The maximum atomic E-state index is 11.4. The summed E-state index contributed by atoms with van der Waals surface area (Å²) in [6.45, 7) is 6.78. The molecule has 3 N–H and O–H groups in total. The van der Waals surface area contributed by atoms with Gasteiger partial charge < -0.3 is 25.4 Å². The van der Waals surface area contributed by atoms with E-state index >= 15 is 0 Å². The molecule has 1 saturated heterocycles. The van der Waals surface area contributed by atoms with E-state index in [-0.39, 0.29) is 0 Å². The molecular weight excluding hydrogens is 294 g/mol. The Kier molecular flexibility index (Phi) is 6.19. The number of nitrogens with one attached hydrogen (secondary N) is 2. The summed E-state index contributed by atoms with van der Waals surface area (Å²) in [7, 11) is 0. The first-order valence-electron chi connectivity index (χ1n) is 6.95. The lowest BCUT2D eigenvalue weighted by Crippen LogP contribution is -2.47. The Morgan fingerprint density at radius 2 is 1.95 bits per heavy atom. The summed E-state index contributed by atoms with van der Waals surface area (Å²) < 4.78 is 5.09. The van der Waals surface area contributed by atoms with Gasteiger partial charge in [-0.1, -0.05) is 0 Å². The molecule has 120 valence electrons. The van der Waals surface area contributed by atoms with Gasteiger partial charge in [0.2, 0.25) is 0 Å². The highest BCUT2D eigenvalue weighted by atomic mass is 32.1. The Bertz CT molecular complexity index is 409. The van der Waals surface area contributed by atoms with Gasteiger partial charge in [-0.05, 0) is 45.8 Å². The molecule has 1 heterocycles. The van der Waals surface area contributed by atoms with Crippen LogP contribution in [0.5, 0.6) is 0 Å². The number of alkyl carbamates (subject to hydrolysis) is 1. The Balaban J connectivity index is 2.25. The highest BCUT2D eigenvalue weighted by Gasteiger charge is 2.31. The van der Waals surface area contributed by atoms with Crippen LogP contribution in [0.4, 0.5) is 4.79 Å². The second kappa shape index (κ2) is 7.44. The maximum Gasteiger partial charge on any atom is 0.407 e. The Morgan fingerprint density at radius 3 is 2.52 bits per heavy atom. The van der Waals surface area contributed by atoms with Crippen LogP contribution in [0, 0.1) is 0 Å². The number of nitrogens with zero attached hydrogens (tertiary/aromatic N) is 1. The molecule has 1 amide bonds. The summed E-state index contributed by atoms with van der Waals surface area (Å²) in [6.07, 6.45) is 0.933. The van der Waals surface area contributed by atoms with Crippen LogP contribution in [0.2, 0.25) is 0 Å². The number of amides is 1. The number of hydrogen-bond acceptors (Lipinski definition) is 4. The van der Waals surface area contributed by atoms with E-state index in [0.29, 0.717) is 31.2 Å². The Hall–Kier alpha value is -1.57. The fraction of sp³-hybridized carbons (Fsp3) is 0.769. The standard InChI is InChI=1S/C13H23N3O4S/c1-13(2,3)20-12(19)15-7-6-14-11(21)16-8-4-5-9(16)10(17)18/h9H,4-8H2,1-3H3,(H,14,21)(H,15,19)(H,17,18). The van der Waals surface area contributed by atoms with E-state index in [1.165, 1.54) is 0 Å². The molecule has 1 aliphatic heterocycles. The summed E-state index contributed by atoms with van der Waals surface area (Å²) in [5.41, 5.74) is -0.531. The number of thiocarbonyl (C=S) groups is 1. The smallest absolute Gasteiger partial charge is 0.407 e. The van der Waals surface area contributed by atoms with Gasteiger partial charge in [0.05, 0.1) is 0 Å². The van der Waals surface area contributed by atoms with Gasteiger partial charge in [0.15, 0.2) is 5.11 Å². The summed E-state index contributed by atoms with van der Waals surface area (Å²) in [5.74, 6) is -0.858. The number of aliphatic carboxylic acids is 1. The van der Waals surface area contributed by atoms with Gasteiger partial charge in [-0.25, -0.2) is 9.59 Å². The highest BCUT2D eigenvalue weighted by Crippen LogP contribution is 2.17. The summed E-state index contributed by atoms with van der Waals surface area (Å²) in [6, 6.07) is -0.552. The van der Waals surface area contributed by atoms with Gasteiger partial charge in [0, 0.05) is 19.6 Å². The molecular formula is C13H23N3O4S. The van der Waals surface area contributed by atoms with Crippen molar-refractivity contribution in [1.82, 2.24) is 15.5 Å². The van der Waals surface area contributed by atoms with Crippen molar-refractivity contribution >= 4 is 29.4 Å². The van der Waals surface area contributed by atoms with Gasteiger partial charge in [-0.15, -0.1) is 0 Å². The van der Waals surface area contributed by atoms with Crippen LogP contribution in [-0.2, 0) is 9.53 Å². The van der Waals surface area contributed by atoms with E-state index in [9.17, 15) is 9.59 Å². The molecule has 0 spiro atoms. The van der Waals surface area contributed by atoms with E-state index in [4.69, 9.17) is 22.1 Å². The van der Waals surface area contributed by atoms with Gasteiger partial charge >= 0.3 is 12.1 Å². The molecule has 21 heavy (non-hydrogen) atoms. The molecule has 8 heteroatoms. The molecule has 1 unspecified atom stereocenters. The number of carboxylic acid groups (broad SMARTS) is 1. The van der Waals surface area contributed by atoms with Crippen LogP contribution in [0.3, 0.4) is 0 Å². The van der Waals surface area contributed by atoms with Crippen molar-refractivity contribution in [3.05, 3.63) is 0 Å². The van der Waals surface area contributed by atoms with E-state index in [1.54, 1.807) is 25.7 Å². The van der Waals surface area contributed by atoms with Crippen LogP contribution < -0.4 is 10.6 Å². The largest absolute Gasteiger partial charge is 0.480 e. The summed E-state index contributed by atoms with van der Waals surface area (Å²) in [4.78, 5) is 24.2. The SMILES string of the molecule is CC(C)(C)OC(=O)NCCNC(=S)N1CCCC1C(=O)O. The summed E-state index contributed by atoms with van der Waals surface area (Å²) >= 11 is 5.18. The molecule has 0 aromatic rings. The predicted molar refractivity (Wildman–Crippen MR) is 82.2 cm³/mol. The van der Waals surface area contributed by atoms with E-state index < -0.39 is 23.7 Å². The first kappa shape index (κ1) is 17.5. The molecule has 0 aromatic carbocycles. The van der Waals surface area contributed by atoms with E-state index in [1.807, 2.05) is 0 Å². The van der Waals surface area contributed by atoms with E-state index in [2.05, 4.69) is 10.6 Å². The van der Waals surface area contributed by atoms with Crippen LogP contribution in [0.1, 0.15) is 33.6 Å². The molecule has 0 aliphatic carbocycles. The monoisotopic (exact) mass is 317 g/mol. The van der Waals surface area contributed by atoms with Crippen molar-refractivity contribution in [3.63, 3.8) is 0 Å². The Morgan fingerprint density at radius 1 is 1.33 bits per heavy atom. The summed E-state index contributed by atoms with van der Waals surface area (Å²) in [5, 5.41) is 15.0. The van der Waals surface area contributed by atoms with Crippen LogP contribution in [0.15, 0.2) is 0 Å². The minimum absolute atomic E-state index is 0.348. The molecule has 0 radical (unpaired) electrons. The molecule has 1 rings (SSSR count). The fourth-order valence-electron chi connectivity index (χ4n) is 2.02. The second-order valence-corrected chi connectivity index (χ2v) is 6.24. The lowest BCUT2D eigenvalue weighted by Gasteiger charge is -2.25. The zero-order valence-electron chi connectivity index (χ0n) is 12.6. The van der Waals surface area contributed by atoms with E-state index in [0.717, 1.165) is 6.42 Å². The third-order valence-electron chi connectivity index (χ3n) is 2.87.